The van der Waals surface area contributed by atoms with Crippen molar-refractivity contribution in [1.82, 2.24) is 24.8 Å². The van der Waals surface area contributed by atoms with Gasteiger partial charge in [-0.15, -0.1) is 0 Å². The second kappa shape index (κ2) is 6.40. The van der Waals surface area contributed by atoms with Crippen molar-refractivity contribution in [3.8, 4) is 5.69 Å². The maximum atomic E-state index is 14.5. The molecule has 1 aromatic carbocycles. The summed E-state index contributed by atoms with van der Waals surface area (Å²) in [5.74, 6) is 0.562. The highest BCUT2D eigenvalue weighted by Crippen LogP contribution is 2.31. The third kappa shape index (κ3) is 3.32. The van der Waals surface area contributed by atoms with Crippen molar-refractivity contribution >= 4 is 0 Å². The number of benzene rings is 1. The summed E-state index contributed by atoms with van der Waals surface area (Å²) in [6.07, 6.45) is 5.25. The van der Waals surface area contributed by atoms with Crippen LogP contribution < -0.4 is 0 Å². The fourth-order valence-electron chi connectivity index (χ4n) is 3.09. The van der Waals surface area contributed by atoms with Gasteiger partial charge in [-0.05, 0) is 44.4 Å². The molecule has 0 atom stereocenters. The van der Waals surface area contributed by atoms with E-state index < -0.39 is 0 Å². The van der Waals surface area contributed by atoms with Gasteiger partial charge in [0.15, 0.2) is 0 Å². The molecule has 0 amide bonds. The summed E-state index contributed by atoms with van der Waals surface area (Å²) in [4.78, 5) is 6.23. The van der Waals surface area contributed by atoms with Gasteiger partial charge in [-0.25, -0.2) is 14.1 Å². The van der Waals surface area contributed by atoms with Crippen LogP contribution in [-0.4, -0.2) is 30.9 Å². The van der Waals surface area contributed by atoms with E-state index in [0.717, 1.165) is 29.1 Å². The molecule has 25 heavy (non-hydrogen) atoms. The van der Waals surface area contributed by atoms with Crippen LogP contribution in [0, 0.1) is 19.7 Å². The van der Waals surface area contributed by atoms with Crippen LogP contribution in [0.3, 0.4) is 0 Å². The van der Waals surface area contributed by atoms with Crippen molar-refractivity contribution in [3.05, 3.63) is 59.3 Å². The smallest absolute Gasteiger partial charge is 0.149 e. The second-order valence-corrected chi connectivity index (χ2v) is 6.56. The van der Waals surface area contributed by atoms with Gasteiger partial charge in [-0.2, -0.15) is 5.10 Å². The maximum absolute atomic E-state index is 14.5. The first kappa shape index (κ1) is 16.0. The first-order chi connectivity index (χ1) is 12.1. The zero-order chi connectivity index (χ0) is 17.4. The molecule has 7 heteroatoms. The van der Waals surface area contributed by atoms with E-state index in [0.29, 0.717) is 18.3 Å². The molecular formula is C18H20FN5O. The third-order valence-electron chi connectivity index (χ3n) is 4.67. The first-order valence-electron chi connectivity index (χ1n) is 8.41. The zero-order valence-corrected chi connectivity index (χ0v) is 14.3. The van der Waals surface area contributed by atoms with Crippen molar-refractivity contribution in [2.24, 2.45) is 0 Å². The van der Waals surface area contributed by atoms with Crippen LogP contribution >= 0.6 is 0 Å². The monoisotopic (exact) mass is 341 g/mol. The van der Waals surface area contributed by atoms with E-state index in [1.54, 1.807) is 12.1 Å². The van der Waals surface area contributed by atoms with Crippen molar-refractivity contribution in [2.45, 2.75) is 45.8 Å². The molecule has 2 heterocycles. The summed E-state index contributed by atoms with van der Waals surface area (Å²) in [6, 6.07) is 5.83. The summed E-state index contributed by atoms with van der Waals surface area (Å²) < 4.78 is 21.2. The Bertz CT molecular complexity index is 850. The number of aryl methyl sites for hydroxylation is 2. The Balaban J connectivity index is 1.54. The Morgan fingerprint density at radius 3 is 2.72 bits per heavy atom. The number of hydrogen-bond donors (Lipinski definition) is 0. The van der Waals surface area contributed by atoms with Gasteiger partial charge >= 0.3 is 0 Å². The predicted molar refractivity (Wildman–Crippen MR) is 89.6 cm³/mol. The lowest BCUT2D eigenvalue weighted by atomic mass is 10.1. The van der Waals surface area contributed by atoms with Crippen LogP contribution in [-0.2, 0) is 13.1 Å². The molecule has 1 fully saturated rings. The van der Waals surface area contributed by atoms with Crippen LogP contribution in [0.1, 0.15) is 35.4 Å². The number of aromatic nitrogens is 4. The van der Waals surface area contributed by atoms with Crippen LogP contribution in [0.2, 0.25) is 0 Å². The molecule has 4 rings (SSSR count). The Morgan fingerprint density at radius 1 is 1.28 bits per heavy atom. The highest BCUT2D eigenvalue weighted by Gasteiger charge is 2.30. The number of nitrogens with zero attached hydrogens (tertiary/aromatic N) is 5. The molecule has 0 N–H and O–H groups in total. The van der Waals surface area contributed by atoms with E-state index >= 15 is 0 Å². The van der Waals surface area contributed by atoms with Crippen LogP contribution in [0.4, 0.5) is 4.39 Å². The Morgan fingerprint density at radius 2 is 2.12 bits per heavy atom. The minimum absolute atomic E-state index is 0.295. The highest BCUT2D eigenvalue weighted by atomic mass is 19.1. The molecule has 0 unspecified atom stereocenters. The summed E-state index contributed by atoms with van der Waals surface area (Å²) in [6.45, 7) is 5.37. The minimum atomic E-state index is -0.295. The molecule has 0 radical (unpaired) electrons. The Labute approximate surface area is 145 Å². The lowest BCUT2D eigenvalue weighted by Crippen LogP contribution is -2.25. The van der Waals surface area contributed by atoms with Crippen LogP contribution in [0.5, 0.6) is 0 Å². The fraction of sp³-hybridized carbons (Fsp3) is 0.389. The summed E-state index contributed by atoms with van der Waals surface area (Å²) in [5, 5.41) is 8.02. The van der Waals surface area contributed by atoms with Crippen LogP contribution in [0.15, 0.2) is 35.4 Å². The lowest BCUT2D eigenvalue weighted by Gasteiger charge is -2.22. The van der Waals surface area contributed by atoms with Gasteiger partial charge in [0.1, 0.15) is 29.9 Å². The Kier molecular flexibility index (Phi) is 4.09. The van der Waals surface area contributed by atoms with Crippen molar-refractivity contribution in [3.63, 3.8) is 0 Å². The second-order valence-electron chi connectivity index (χ2n) is 6.56. The predicted octanol–water partition coefficient (Wildman–Crippen LogP) is 3.18. The topological polar surface area (TPSA) is 60.0 Å². The third-order valence-corrected chi connectivity index (χ3v) is 4.67. The molecule has 0 bridgehead atoms. The van der Waals surface area contributed by atoms with Gasteiger partial charge in [-0.1, -0.05) is 11.2 Å². The van der Waals surface area contributed by atoms with E-state index in [1.807, 2.05) is 19.9 Å². The molecule has 0 aliphatic heterocycles. The molecule has 130 valence electrons. The molecule has 6 nitrogen and oxygen atoms in total. The number of hydrogen-bond acceptors (Lipinski definition) is 5. The highest BCUT2D eigenvalue weighted by molar-refractivity contribution is 5.35. The van der Waals surface area contributed by atoms with Crippen molar-refractivity contribution in [2.75, 3.05) is 0 Å². The van der Waals surface area contributed by atoms with Gasteiger partial charge in [-0.3, -0.25) is 4.90 Å². The van der Waals surface area contributed by atoms with E-state index in [2.05, 4.69) is 20.1 Å². The molecule has 0 saturated heterocycles. The van der Waals surface area contributed by atoms with Gasteiger partial charge < -0.3 is 4.52 Å². The Hall–Kier alpha value is -2.54. The van der Waals surface area contributed by atoms with Gasteiger partial charge in [0.25, 0.3) is 0 Å². The number of halogens is 1. The average Bonchev–Trinajstić information content (AvgIpc) is 3.21. The van der Waals surface area contributed by atoms with E-state index in [1.165, 1.54) is 30.2 Å². The largest absolute Gasteiger partial charge is 0.361 e. The van der Waals surface area contributed by atoms with Gasteiger partial charge in [0.2, 0.25) is 0 Å². The standard InChI is InChI=1S/C18H20FN5O/c1-12-16(13(2)25-22-12)9-23(15-4-5-15)8-14-3-6-18(17(19)7-14)24-11-20-10-21-24/h3,6-7,10-11,15H,4-5,8-9H2,1-2H3. The lowest BCUT2D eigenvalue weighted by molar-refractivity contribution is 0.243. The fourth-order valence-corrected chi connectivity index (χ4v) is 3.09. The summed E-state index contributed by atoms with van der Waals surface area (Å²) in [5.41, 5.74) is 3.41. The normalized spacial score (nSPS) is 14.4. The van der Waals surface area contributed by atoms with Crippen molar-refractivity contribution in [1.29, 1.82) is 0 Å². The van der Waals surface area contributed by atoms with Gasteiger partial charge in [0.05, 0.1) is 5.69 Å². The zero-order valence-electron chi connectivity index (χ0n) is 14.3. The molecule has 1 aliphatic rings. The van der Waals surface area contributed by atoms with E-state index in [4.69, 9.17) is 4.52 Å². The van der Waals surface area contributed by atoms with Crippen LogP contribution in [0.25, 0.3) is 5.69 Å². The van der Waals surface area contributed by atoms with E-state index in [9.17, 15) is 4.39 Å². The maximum Gasteiger partial charge on any atom is 0.149 e. The molecule has 0 spiro atoms. The molecule has 3 aromatic rings. The number of rotatable bonds is 6. The average molecular weight is 341 g/mol. The molecule has 1 aliphatic carbocycles. The molecule has 2 aromatic heterocycles. The summed E-state index contributed by atoms with van der Waals surface area (Å²) >= 11 is 0. The first-order valence-corrected chi connectivity index (χ1v) is 8.41. The van der Waals surface area contributed by atoms with Crippen molar-refractivity contribution < 1.29 is 8.91 Å². The summed E-state index contributed by atoms with van der Waals surface area (Å²) in [7, 11) is 0. The van der Waals surface area contributed by atoms with Gasteiger partial charge in [0, 0.05) is 24.7 Å². The van der Waals surface area contributed by atoms with E-state index in [-0.39, 0.29) is 5.82 Å². The molecular weight excluding hydrogens is 321 g/mol. The SMILES string of the molecule is Cc1noc(C)c1CN(Cc1ccc(-n2cncn2)c(F)c1)C1CC1. The quantitative estimate of drug-likeness (QED) is 0.689. The minimum Gasteiger partial charge on any atom is -0.361 e. The molecule has 1 saturated carbocycles.